The summed E-state index contributed by atoms with van der Waals surface area (Å²) in [5, 5.41) is 74.9. The molecule has 2 saturated heterocycles. The highest BCUT2D eigenvalue weighted by molar-refractivity contribution is 6.42. The van der Waals surface area contributed by atoms with Gasteiger partial charge < -0.3 is 49.2 Å². The predicted octanol–water partition coefficient (Wildman–Crippen LogP) is 4.64. The van der Waals surface area contributed by atoms with E-state index < -0.39 is 61.3 Å². The minimum absolute atomic E-state index is 0.184. The van der Waals surface area contributed by atoms with Gasteiger partial charge in [0.25, 0.3) is 0 Å². The van der Waals surface area contributed by atoms with Gasteiger partial charge in [0.05, 0.1) is 30.9 Å². The number of aromatic nitrogens is 6. The molecule has 4 aromatic heterocycles. The van der Waals surface area contributed by atoms with Crippen LogP contribution in [-0.4, -0.2) is 102 Å². The van der Waals surface area contributed by atoms with E-state index in [1.807, 2.05) is 5.48 Å². The topological polar surface area (TPSA) is 234 Å². The molecular formula is C34H30Cl5N7O9. The molecule has 55 heavy (non-hydrogen) atoms. The van der Waals surface area contributed by atoms with Crippen molar-refractivity contribution in [2.45, 2.75) is 61.3 Å². The zero-order valence-corrected chi connectivity index (χ0v) is 31.5. The van der Waals surface area contributed by atoms with Crippen LogP contribution in [-0.2, 0) is 9.47 Å². The van der Waals surface area contributed by atoms with Crippen LogP contribution in [0.25, 0.3) is 22.1 Å². The Morgan fingerprint density at radius 3 is 1.51 bits per heavy atom. The van der Waals surface area contributed by atoms with Crippen LogP contribution in [0.5, 0.6) is 0 Å². The third-order valence-electron chi connectivity index (χ3n) is 9.37. The van der Waals surface area contributed by atoms with Crippen molar-refractivity contribution in [1.29, 1.82) is 0 Å². The number of benzene rings is 2. The van der Waals surface area contributed by atoms with E-state index in [1.54, 1.807) is 41.2 Å². The minimum Gasteiger partial charge on any atom is -0.387 e. The van der Waals surface area contributed by atoms with Crippen molar-refractivity contribution >= 4 is 85.9 Å². The summed E-state index contributed by atoms with van der Waals surface area (Å²) in [4.78, 5) is 16.1. The molecule has 0 amide bonds. The summed E-state index contributed by atoms with van der Waals surface area (Å²) in [5.74, 6) is 0.184. The Morgan fingerprint density at radius 2 is 1.04 bits per heavy atom. The minimum atomic E-state index is -1.37. The smallest absolute Gasteiger partial charge is 0.164 e. The third kappa shape index (κ3) is 7.45. The van der Waals surface area contributed by atoms with Gasteiger partial charge in [-0.2, -0.15) is 0 Å². The predicted molar refractivity (Wildman–Crippen MR) is 200 cm³/mol. The maximum Gasteiger partial charge on any atom is 0.164 e. The zero-order valence-electron chi connectivity index (χ0n) is 27.7. The third-order valence-corrected chi connectivity index (χ3v) is 11.1. The Hall–Kier alpha value is -3.43. The molecule has 0 saturated carbocycles. The number of aliphatic hydroxyl groups excluding tert-OH is 6. The fraction of sp³-hybridized carbons (Fsp3) is 0.294. The van der Waals surface area contributed by atoms with Crippen molar-refractivity contribution in [1.82, 2.24) is 29.1 Å². The molecule has 8 rings (SSSR count). The van der Waals surface area contributed by atoms with Gasteiger partial charge in [0.2, 0.25) is 0 Å². The fourth-order valence-corrected chi connectivity index (χ4v) is 7.34. The summed E-state index contributed by atoms with van der Waals surface area (Å²) in [6.45, 7) is 0. The highest BCUT2D eigenvalue weighted by Crippen LogP contribution is 2.40. The van der Waals surface area contributed by atoms with E-state index in [1.165, 1.54) is 41.5 Å². The molecule has 8 N–H and O–H groups in total. The number of nitrogens with one attached hydrogen (secondary N) is 1. The number of halogens is 5. The normalized spacial score (nSPS) is 26.3. The fourth-order valence-electron chi connectivity index (χ4n) is 6.54. The highest BCUT2D eigenvalue weighted by atomic mass is 35.5. The standard InChI is InChI=1S/C17H14Cl3N3O4.C17H16Cl2N4O5/c18-9-2-1-7(5-10(9)19)11(24)14-12(25)13(26)17(27-14)23-4-3-8-15(20)21-6-22-16(8)23;18-9-2-1-7(5-10(9)19)11(24)14-12(25)13(26)17(28-14)23-4-3-8-15(22-27)20-6-21-16(8)23/h1-6,11-14,17,24-26H;1-6,11-14,17,24-27H,(H,20,21,22)/t2*11-,12+,13-,14-,17-/m11/s1. The number of aliphatic hydroxyl groups is 6. The first kappa shape index (κ1) is 39.8. The molecule has 0 bridgehead atoms. The lowest BCUT2D eigenvalue weighted by atomic mass is 9.99. The number of nitrogens with zero attached hydrogens (tertiary/aromatic N) is 6. The van der Waals surface area contributed by atoms with Crippen LogP contribution in [0.15, 0.2) is 73.6 Å². The van der Waals surface area contributed by atoms with Crippen molar-refractivity contribution in [2.75, 3.05) is 5.48 Å². The van der Waals surface area contributed by atoms with E-state index in [4.69, 9.17) is 72.7 Å². The van der Waals surface area contributed by atoms with Gasteiger partial charge in [-0.15, -0.1) is 0 Å². The second kappa shape index (κ2) is 16.2. The molecular weight excluding hydrogens is 828 g/mol. The van der Waals surface area contributed by atoms with Crippen LogP contribution in [0.4, 0.5) is 5.82 Å². The van der Waals surface area contributed by atoms with Gasteiger partial charge in [-0.25, -0.2) is 19.9 Å². The van der Waals surface area contributed by atoms with E-state index in [0.29, 0.717) is 43.2 Å². The SMILES string of the molecule is ONc1ncnc2c1ccn2[C@@H]1O[C@H]([C@H](O)c2ccc(Cl)c(Cl)c2)[C@@H](O)[C@H]1O.O[C@@H]1[C@H](O)[C@@H]([C@H](O)c2ccc(Cl)c(Cl)c2)O[C@H]1n1ccc2c(Cl)ncnc21. The summed E-state index contributed by atoms with van der Waals surface area (Å²) < 4.78 is 14.6. The molecule has 2 aliphatic rings. The Balaban J connectivity index is 0.000000169. The molecule has 16 nitrogen and oxygen atoms in total. The van der Waals surface area contributed by atoms with Crippen LogP contribution in [0, 0.1) is 0 Å². The Labute approximate surface area is 335 Å². The van der Waals surface area contributed by atoms with Crippen molar-refractivity contribution in [3.63, 3.8) is 0 Å². The van der Waals surface area contributed by atoms with Crippen molar-refractivity contribution in [3.8, 4) is 0 Å². The quantitative estimate of drug-likeness (QED) is 0.0808. The average Bonchev–Trinajstić information content (AvgIpc) is 3.95. The summed E-state index contributed by atoms with van der Waals surface area (Å²) in [6.07, 6.45) is -6.28. The van der Waals surface area contributed by atoms with Crippen molar-refractivity contribution < 1.29 is 45.3 Å². The Bertz CT molecular complexity index is 2340. The van der Waals surface area contributed by atoms with Gasteiger partial charge in [0.15, 0.2) is 18.3 Å². The van der Waals surface area contributed by atoms with Gasteiger partial charge in [0.1, 0.15) is 77.9 Å². The van der Waals surface area contributed by atoms with Gasteiger partial charge in [-0.3, -0.25) is 10.7 Å². The lowest BCUT2D eigenvalue weighted by Crippen LogP contribution is -2.34. The molecule has 0 spiro atoms. The molecule has 290 valence electrons. The average molecular weight is 858 g/mol. The zero-order chi connectivity index (χ0) is 39.3. The molecule has 2 fully saturated rings. The number of hydrogen-bond donors (Lipinski definition) is 8. The van der Waals surface area contributed by atoms with Crippen LogP contribution in [0.3, 0.4) is 0 Å². The molecule has 0 radical (unpaired) electrons. The first-order valence-electron chi connectivity index (χ1n) is 16.3. The largest absolute Gasteiger partial charge is 0.387 e. The van der Waals surface area contributed by atoms with Gasteiger partial charge >= 0.3 is 0 Å². The molecule has 10 atom stereocenters. The van der Waals surface area contributed by atoms with Crippen LogP contribution < -0.4 is 5.48 Å². The monoisotopic (exact) mass is 855 g/mol. The van der Waals surface area contributed by atoms with E-state index in [-0.39, 0.29) is 21.0 Å². The van der Waals surface area contributed by atoms with Gasteiger partial charge in [0, 0.05) is 12.4 Å². The first-order valence-corrected chi connectivity index (χ1v) is 18.2. The summed E-state index contributed by atoms with van der Waals surface area (Å²) in [7, 11) is 0. The molecule has 6 aromatic rings. The van der Waals surface area contributed by atoms with E-state index in [0.717, 1.165) is 0 Å². The molecule has 6 heterocycles. The van der Waals surface area contributed by atoms with Crippen LogP contribution >= 0.6 is 58.0 Å². The summed E-state index contributed by atoms with van der Waals surface area (Å²) >= 11 is 29.8. The van der Waals surface area contributed by atoms with Crippen LogP contribution in [0.1, 0.15) is 35.8 Å². The highest BCUT2D eigenvalue weighted by Gasteiger charge is 2.49. The second-order valence-electron chi connectivity index (χ2n) is 12.6. The molecule has 21 heteroatoms. The summed E-state index contributed by atoms with van der Waals surface area (Å²) in [6, 6.07) is 12.5. The first-order chi connectivity index (χ1) is 26.3. The maximum absolute atomic E-state index is 10.7. The second-order valence-corrected chi connectivity index (χ2v) is 14.6. The van der Waals surface area contributed by atoms with E-state index >= 15 is 0 Å². The number of anilines is 1. The molecule has 2 aliphatic heterocycles. The van der Waals surface area contributed by atoms with E-state index in [9.17, 15) is 30.6 Å². The Kier molecular flexibility index (Phi) is 11.7. The number of fused-ring (bicyclic) bond motifs is 2. The molecule has 0 unspecified atom stereocenters. The Morgan fingerprint density at radius 1 is 0.582 bits per heavy atom. The van der Waals surface area contributed by atoms with Crippen LogP contribution in [0.2, 0.25) is 25.2 Å². The number of hydrogen-bond acceptors (Lipinski definition) is 14. The van der Waals surface area contributed by atoms with Gasteiger partial charge in [-0.1, -0.05) is 70.1 Å². The lowest BCUT2D eigenvalue weighted by molar-refractivity contribution is -0.0848. The molecule has 0 aliphatic carbocycles. The van der Waals surface area contributed by atoms with Gasteiger partial charge in [-0.05, 0) is 47.5 Å². The lowest BCUT2D eigenvalue weighted by Gasteiger charge is -2.21. The van der Waals surface area contributed by atoms with Crippen molar-refractivity contribution in [3.05, 3.63) is 110 Å². The van der Waals surface area contributed by atoms with Crippen molar-refractivity contribution in [2.24, 2.45) is 0 Å². The maximum atomic E-state index is 10.7. The molecule has 2 aromatic carbocycles. The number of rotatable bonds is 7. The summed E-state index contributed by atoms with van der Waals surface area (Å²) in [5.41, 5.74) is 3.57. The number of ether oxygens (including phenoxy) is 2. The van der Waals surface area contributed by atoms with E-state index in [2.05, 4.69) is 19.9 Å².